The molecule has 4 rings (SSSR count). The summed E-state index contributed by atoms with van der Waals surface area (Å²) in [5, 5.41) is 4.25. The van der Waals surface area contributed by atoms with Crippen LogP contribution in [0, 0.1) is 5.41 Å². The zero-order valence-corrected chi connectivity index (χ0v) is 14.4. The minimum absolute atomic E-state index is 0.348. The van der Waals surface area contributed by atoms with Gasteiger partial charge in [0.05, 0.1) is 6.20 Å². The van der Waals surface area contributed by atoms with Crippen LogP contribution in [0.3, 0.4) is 0 Å². The van der Waals surface area contributed by atoms with Gasteiger partial charge in [-0.25, -0.2) is 0 Å². The molecule has 1 N–H and O–H groups in total. The lowest BCUT2D eigenvalue weighted by atomic mass is 9.80. The maximum Gasteiger partial charge on any atom is 0.146 e. The molecule has 1 saturated heterocycles. The molecule has 1 unspecified atom stereocenters. The average Bonchev–Trinajstić information content (AvgIpc) is 3.01. The fraction of sp³-hybridized carbons (Fsp3) is 0.350. The number of benzene rings is 1. The lowest BCUT2D eigenvalue weighted by molar-refractivity contribution is 0.274. The molecule has 1 aliphatic carbocycles. The standard InChI is InChI=1S/C20H21ClN2O/c21-17-2-4-18(5-3-17)24-19-10-16(12-23-13-19)15-6-8-20(11-15)7-1-9-22-14-20/h2-5,10-13,22H,1,6-9,14H2. The average molecular weight is 341 g/mol. The molecule has 2 heterocycles. The highest BCUT2D eigenvalue weighted by Crippen LogP contribution is 2.44. The molecule has 1 spiro atoms. The molecule has 2 aliphatic rings. The molecule has 1 aromatic carbocycles. The fourth-order valence-corrected chi connectivity index (χ4v) is 3.87. The van der Waals surface area contributed by atoms with Crippen LogP contribution in [0.2, 0.25) is 5.02 Å². The molecule has 0 amide bonds. The highest BCUT2D eigenvalue weighted by atomic mass is 35.5. The largest absolute Gasteiger partial charge is 0.456 e. The van der Waals surface area contributed by atoms with E-state index in [0.717, 1.165) is 31.0 Å². The first-order chi connectivity index (χ1) is 11.7. The smallest absolute Gasteiger partial charge is 0.146 e. The van der Waals surface area contributed by atoms with Crippen molar-refractivity contribution in [2.75, 3.05) is 13.1 Å². The quantitative estimate of drug-likeness (QED) is 0.846. The second-order valence-electron chi connectivity index (χ2n) is 6.78. The van der Waals surface area contributed by atoms with E-state index in [2.05, 4.69) is 22.4 Å². The number of pyridine rings is 1. The second kappa shape index (κ2) is 6.58. The van der Waals surface area contributed by atoms with Crippen molar-refractivity contribution in [3.05, 3.63) is 59.4 Å². The second-order valence-corrected chi connectivity index (χ2v) is 7.21. The Kier molecular flexibility index (Phi) is 4.30. The summed E-state index contributed by atoms with van der Waals surface area (Å²) in [7, 11) is 0. The van der Waals surface area contributed by atoms with Crippen LogP contribution < -0.4 is 10.1 Å². The van der Waals surface area contributed by atoms with Gasteiger partial charge in [-0.1, -0.05) is 17.7 Å². The molecule has 3 nitrogen and oxygen atoms in total. The molecule has 24 heavy (non-hydrogen) atoms. The van der Waals surface area contributed by atoms with Gasteiger partial charge in [-0.3, -0.25) is 4.98 Å². The van der Waals surface area contributed by atoms with E-state index >= 15 is 0 Å². The van der Waals surface area contributed by atoms with E-state index in [1.807, 2.05) is 30.5 Å². The van der Waals surface area contributed by atoms with E-state index < -0.39 is 0 Å². The van der Waals surface area contributed by atoms with Crippen LogP contribution in [-0.4, -0.2) is 18.1 Å². The van der Waals surface area contributed by atoms with Gasteiger partial charge < -0.3 is 10.1 Å². The number of nitrogens with one attached hydrogen (secondary N) is 1. The number of hydrogen-bond acceptors (Lipinski definition) is 3. The third kappa shape index (κ3) is 3.33. The Bertz CT molecular complexity index is 748. The summed E-state index contributed by atoms with van der Waals surface area (Å²) in [4.78, 5) is 4.37. The van der Waals surface area contributed by atoms with Gasteiger partial charge in [0.25, 0.3) is 0 Å². The molecule has 2 aromatic rings. The lowest BCUT2D eigenvalue weighted by Gasteiger charge is -2.32. The van der Waals surface area contributed by atoms with Crippen molar-refractivity contribution in [2.45, 2.75) is 25.7 Å². The monoisotopic (exact) mass is 340 g/mol. The molecule has 0 saturated carbocycles. The van der Waals surface area contributed by atoms with Crippen LogP contribution in [-0.2, 0) is 0 Å². The summed E-state index contributed by atoms with van der Waals surface area (Å²) >= 11 is 5.92. The minimum atomic E-state index is 0.348. The Morgan fingerprint density at radius 1 is 1.08 bits per heavy atom. The topological polar surface area (TPSA) is 34.1 Å². The molecular weight excluding hydrogens is 320 g/mol. The van der Waals surface area contributed by atoms with E-state index in [9.17, 15) is 0 Å². The Morgan fingerprint density at radius 2 is 1.96 bits per heavy atom. The molecule has 1 fully saturated rings. The van der Waals surface area contributed by atoms with Crippen molar-refractivity contribution >= 4 is 17.2 Å². The molecular formula is C20H21ClN2O. The number of ether oxygens (including phenoxy) is 1. The van der Waals surface area contributed by atoms with Gasteiger partial charge in [-0.05, 0) is 73.7 Å². The number of nitrogens with zero attached hydrogens (tertiary/aromatic N) is 1. The first-order valence-corrected chi connectivity index (χ1v) is 8.92. The van der Waals surface area contributed by atoms with Crippen molar-refractivity contribution in [3.63, 3.8) is 0 Å². The number of halogens is 1. The Morgan fingerprint density at radius 3 is 2.75 bits per heavy atom. The minimum Gasteiger partial charge on any atom is -0.456 e. The molecule has 0 radical (unpaired) electrons. The molecule has 1 atom stereocenters. The van der Waals surface area contributed by atoms with Gasteiger partial charge in [0.2, 0.25) is 0 Å². The summed E-state index contributed by atoms with van der Waals surface area (Å²) in [6.45, 7) is 2.25. The Hall–Kier alpha value is -1.84. The van der Waals surface area contributed by atoms with E-state index in [1.54, 1.807) is 6.20 Å². The maximum absolute atomic E-state index is 5.92. The number of aromatic nitrogens is 1. The normalized spacial score (nSPS) is 23.3. The first kappa shape index (κ1) is 15.7. The van der Waals surface area contributed by atoms with Crippen LogP contribution >= 0.6 is 11.6 Å². The van der Waals surface area contributed by atoms with Crippen LogP contribution in [0.15, 0.2) is 48.8 Å². The van der Waals surface area contributed by atoms with Crippen LogP contribution in [0.1, 0.15) is 31.2 Å². The SMILES string of the molecule is Clc1ccc(Oc2cncc(C3=CC4(CCCNC4)CC3)c2)cc1. The van der Waals surface area contributed by atoms with Crippen molar-refractivity contribution in [1.82, 2.24) is 10.3 Å². The van der Waals surface area contributed by atoms with Gasteiger partial charge in [-0.2, -0.15) is 0 Å². The number of piperidine rings is 1. The van der Waals surface area contributed by atoms with Crippen LogP contribution in [0.25, 0.3) is 5.57 Å². The van der Waals surface area contributed by atoms with Crippen molar-refractivity contribution in [2.24, 2.45) is 5.41 Å². The summed E-state index contributed by atoms with van der Waals surface area (Å²) in [5.74, 6) is 1.53. The molecule has 124 valence electrons. The van der Waals surface area contributed by atoms with Crippen molar-refractivity contribution in [1.29, 1.82) is 0 Å². The summed E-state index contributed by atoms with van der Waals surface area (Å²) < 4.78 is 5.91. The van der Waals surface area contributed by atoms with E-state index in [4.69, 9.17) is 16.3 Å². The molecule has 4 heteroatoms. The summed E-state index contributed by atoms with van der Waals surface area (Å²) in [6.07, 6.45) is 11.1. The third-order valence-corrected chi connectivity index (χ3v) is 5.26. The fourth-order valence-electron chi connectivity index (χ4n) is 3.74. The van der Waals surface area contributed by atoms with Crippen LogP contribution in [0.4, 0.5) is 0 Å². The summed E-state index contributed by atoms with van der Waals surface area (Å²) in [6, 6.07) is 9.47. The van der Waals surface area contributed by atoms with Gasteiger partial charge in [0.1, 0.15) is 11.5 Å². The third-order valence-electron chi connectivity index (χ3n) is 5.01. The maximum atomic E-state index is 5.92. The van der Waals surface area contributed by atoms with Crippen molar-refractivity contribution in [3.8, 4) is 11.5 Å². The predicted molar refractivity (Wildman–Crippen MR) is 97.5 cm³/mol. The highest BCUT2D eigenvalue weighted by Gasteiger charge is 2.34. The van der Waals surface area contributed by atoms with Crippen molar-refractivity contribution < 1.29 is 4.74 Å². The van der Waals surface area contributed by atoms with E-state index in [0.29, 0.717) is 10.4 Å². The van der Waals surface area contributed by atoms with Gasteiger partial charge in [0, 0.05) is 23.2 Å². The molecule has 1 aromatic heterocycles. The molecule has 1 aliphatic heterocycles. The summed E-state index contributed by atoms with van der Waals surface area (Å²) in [5.41, 5.74) is 2.91. The zero-order chi connectivity index (χ0) is 16.4. The van der Waals surface area contributed by atoms with Crippen LogP contribution in [0.5, 0.6) is 11.5 Å². The first-order valence-electron chi connectivity index (χ1n) is 8.54. The van der Waals surface area contributed by atoms with Gasteiger partial charge in [-0.15, -0.1) is 0 Å². The number of hydrogen-bond donors (Lipinski definition) is 1. The molecule has 0 bridgehead atoms. The number of rotatable bonds is 3. The highest BCUT2D eigenvalue weighted by molar-refractivity contribution is 6.30. The Balaban J connectivity index is 1.54. The predicted octanol–water partition coefficient (Wildman–Crippen LogP) is 5.07. The zero-order valence-electron chi connectivity index (χ0n) is 13.6. The Labute approximate surface area is 147 Å². The van der Waals surface area contributed by atoms with Gasteiger partial charge in [0.15, 0.2) is 0 Å². The number of allylic oxidation sites excluding steroid dienone is 1. The van der Waals surface area contributed by atoms with Gasteiger partial charge >= 0.3 is 0 Å². The van der Waals surface area contributed by atoms with E-state index in [1.165, 1.54) is 30.4 Å². The van der Waals surface area contributed by atoms with E-state index in [-0.39, 0.29) is 0 Å². The lowest BCUT2D eigenvalue weighted by Crippen LogP contribution is -2.37.